The van der Waals surface area contributed by atoms with Gasteiger partial charge < -0.3 is 4.98 Å². The van der Waals surface area contributed by atoms with E-state index < -0.39 is 0 Å². The Morgan fingerprint density at radius 3 is 2.95 bits per heavy atom. The van der Waals surface area contributed by atoms with Gasteiger partial charge in [-0.2, -0.15) is 0 Å². The van der Waals surface area contributed by atoms with E-state index in [4.69, 9.17) is 0 Å². The van der Waals surface area contributed by atoms with E-state index in [-0.39, 0.29) is 0 Å². The van der Waals surface area contributed by atoms with Crippen LogP contribution in [0.25, 0.3) is 10.9 Å². The van der Waals surface area contributed by atoms with Gasteiger partial charge in [-0.15, -0.1) is 0 Å². The van der Waals surface area contributed by atoms with Crippen molar-refractivity contribution in [2.24, 2.45) is 11.8 Å². The number of para-hydroxylation sites is 1. The molecule has 1 saturated heterocycles. The molecule has 1 fully saturated rings. The lowest BCUT2D eigenvalue weighted by Crippen LogP contribution is -2.49. The first-order valence-corrected chi connectivity index (χ1v) is 8.32. The minimum Gasteiger partial charge on any atom is -0.361 e. The number of hydrogen-bond acceptors (Lipinski definition) is 1. The maximum absolute atomic E-state index is 3.39. The van der Waals surface area contributed by atoms with Crippen molar-refractivity contribution in [3.8, 4) is 0 Å². The second kappa shape index (κ2) is 5.34. The number of rotatable bonds is 4. The summed E-state index contributed by atoms with van der Waals surface area (Å²) in [4.78, 5) is 6.09. The summed E-state index contributed by atoms with van der Waals surface area (Å²) in [5, 5.41) is 1.39. The van der Waals surface area contributed by atoms with Crippen LogP contribution in [-0.2, 0) is 6.42 Å². The molecule has 0 saturated carbocycles. The molecule has 0 radical (unpaired) electrons. The molecular weight excluding hydrogens is 256 g/mol. The second-order valence-corrected chi connectivity index (χ2v) is 6.62. The minimum atomic E-state index is 0.685. The molecule has 3 atom stereocenters. The van der Waals surface area contributed by atoms with Gasteiger partial charge in [0, 0.05) is 36.2 Å². The van der Waals surface area contributed by atoms with Crippen LogP contribution in [0, 0.1) is 11.8 Å². The van der Waals surface area contributed by atoms with Crippen molar-refractivity contribution < 1.29 is 0 Å². The van der Waals surface area contributed by atoms with Crippen molar-refractivity contribution >= 4 is 10.9 Å². The van der Waals surface area contributed by atoms with Crippen molar-refractivity contribution in [2.45, 2.75) is 32.2 Å². The normalized spacial score (nSPS) is 28.5. The molecule has 2 unspecified atom stereocenters. The lowest BCUT2D eigenvalue weighted by Gasteiger charge is -2.46. The molecule has 1 aliphatic carbocycles. The van der Waals surface area contributed by atoms with E-state index in [1.165, 1.54) is 42.4 Å². The molecule has 110 valence electrons. The summed E-state index contributed by atoms with van der Waals surface area (Å²) in [7, 11) is 0. The van der Waals surface area contributed by atoms with Crippen molar-refractivity contribution in [1.82, 2.24) is 9.88 Å². The molecule has 2 bridgehead atoms. The fourth-order valence-corrected chi connectivity index (χ4v) is 4.21. The van der Waals surface area contributed by atoms with Crippen LogP contribution >= 0.6 is 0 Å². The molecule has 1 aromatic heterocycles. The predicted octanol–water partition coefficient (Wildman–Crippen LogP) is 4.00. The number of aromatic nitrogens is 1. The molecule has 2 heteroatoms. The zero-order chi connectivity index (χ0) is 14.2. The van der Waals surface area contributed by atoms with Crippen LogP contribution in [0.5, 0.6) is 0 Å². The lowest BCUT2D eigenvalue weighted by molar-refractivity contribution is 0.0895. The Kier molecular flexibility index (Phi) is 3.34. The molecule has 2 nitrogen and oxygen atoms in total. The van der Waals surface area contributed by atoms with Crippen molar-refractivity contribution in [2.75, 3.05) is 13.1 Å². The Balaban J connectivity index is 1.45. The molecule has 2 aromatic rings. The molecular formula is C19H24N2. The minimum absolute atomic E-state index is 0.685. The summed E-state index contributed by atoms with van der Waals surface area (Å²) >= 11 is 0. The van der Waals surface area contributed by atoms with Crippen LogP contribution in [0.4, 0.5) is 0 Å². The average Bonchev–Trinajstić information content (AvgIpc) is 2.96. The Hall–Kier alpha value is -1.54. The summed E-state index contributed by atoms with van der Waals surface area (Å²) in [6, 6.07) is 9.32. The highest BCUT2D eigenvalue weighted by Gasteiger charge is 2.35. The first-order chi connectivity index (χ1) is 10.3. The zero-order valence-electron chi connectivity index (χ0n) is 12.8. The van der Waals surface area contributed by atoms with Gasteiger partial charge in [0.2, 0.25) is 0 Å². The van der Waals surface area contributed by atoms with Gasteiger partial charge in [-0.05, 0) is 36.3 Å². The summed E-state index contributed by atoms with van der Waals surface area (Å²) in [5.74, 6) is 1.72. The first-order valence-electron chi connectivity index (χ1n) is 8.32. The molecule has 0 amide bonds. The van der Waals surface area contributed by atoms with Gasteiger partial charge in [0.15, 0.2) is 0 Å². The van der Waals surface area contributed by atoms with Gasteiger partial charge in [-0.25, -0.2) is 0 Å². The number of nitrogens with zero attached hydrogens (tertiary/aromatic N) is 1. The molecule has 3 heterocycles. The molecule has 3 aliphatic rings. The molecule has 2 aliphatic heterocycles. The highest BCUT2D eigenvalue weighted by atomic mass is 15.2. The van der Waals surface area contributed by atoms with Gasteiger partial charge in [0.25, 0.3) is 0 Å². The van der Waals surface area contributed by atoms with Gasteiger partial charge in [-0.1, -0.05) is 43.7 Å². The van der Waals surface area contributed by atoms with Crippen LogP contribution in [0.15, 0.2) is 42.6 Å². The summed E-state index contributed by atoms with van der Waals surface area (Å²) in [6.07, 6.45) is 11.0. The zero-order valence-corrected chi connectivity index (χ0v) is 12.8. The fourth-order valence-electron chi connectivity index (χ4n) is 4.21. The number of H-pyrrole nitrogens is 1. The van der Waals surface area contributed by atoms with Crippen LogP contribution in [0.1, 0.15) is 25.3 Å². The van der Waals surface area contributed by atoms with Crippen molar-refractivity contribution in [3.05, 3.63) is 48.2 Å². The van der Waals surface area contributed by atoms with E-state index in [9.17, 15) is 0 Å². The van der Waals surface area contributed by atoms with Gasteiger partial charge in [-0.3, -0.25) is 4.90 Å². The third kappa shape index (κ3) is 2.32. The predicted molar refractivity (Wildman–Crippen MR) is 88.4 cm³/mol. The SMILES string of the molecule is CC[C@@H]1CC2C=CC1CN2CCc1c[nH]c2ccccc12. The monoisotopic (exact) mass is 280 g/mol. The third-order valence-corrected chi connectivity index (χ3v) is 5.51. The molecule has 5 rings (SSSR count). The average molecular weight is 280 g/mol. The molecule has 1 N–H and O–H groups in total. The molecule has 1 aromatic carbocycles. The van der Waals surface area contributed by atoms with Crippen molar-refractivity contribution in [3.63, 3.8) is 0 Å². The topological polar surface area (TPSA) is 19.0 Å². The van der Waals surface area contributed by atoms with Gasteiger partial charge in [0.1, 0.15) is 0 Å². The second-order valence-electron chi connectivity index (χ2n) is 6.62. The lowest BCUT2D eigenvalue weighted by atomic mass is 9.75. The van der Waals surface area contributed by atoms with Crippen LogP contribution < -0.4 is 0 Å². The quantitative estimate of drug-likeness (QED) is 0.839. The molecule has 0 spiro atoms. The number of benzene rings is 1. The maximum Gasteiger partial charge on any atom is 0.0456 e. The van der Waals surface area contributed by atoms with E-state index in [0.29, 0.717) is 6.04 Å². The third-order valence-electron chi connectivity index (χ3n) is 5.51. The summed E-state index contributed by atoms with van der Waals surface area (Å²) in [6.45, 7) is 4.79. The van der Waals surface area contributed by atoms with E-state index in [1.54, 1.807) is 0 Å². The Labute approximate surface area is 126 Å². The number of fused-ring (bicyclic) bond motifs is 3. The van der Waals surface area contributed by atoms with E-state index in [2.05, 4.69) is 59.4 Å². The van der Waals surface area contributed by atoms with Crippen LogP contribution in [0.2, 0.25) is 0 Å². The number of nitrogens with one attached hydrogen (secondary N) is 1. The number of aromatic amines is 1. The van der Waals surface area contributed by atoms with E-state index in [0.717, 1.165) is 18.3 Å². The van der Waals surface area contributed by atoms with Crippen LogP contribution in [0.3, 0.4) is 0 Å². The Morgan fingerprint density at radius 1 is 1.24 bits per heavy atom. The Bertz CT molecular complexity index is 654. The first kappa shape index (κ1) is 13.1. The number of hydrogen-bond donors (Lipinski definition) is 1. The standard InChI is InChI=1S/C19H24N2/c1-2-14-11-17-8-7-16(14)13-21(17)10-9-15-12-20-19-6-4-3-5-18(15)19/h3-8,12,14,16-17,20H,2,9-11,13H2,1H3/t14-,16?,17?/m1/s1. The van der Waals surface area contributed by atoms with Crippen molar-refractivity contribution in [1.29, 1.82) is 0 Å². The van der Waals surface area contributed by atoms with Gasteiger partial charge >= 0.3 is 0 Å². The highest BCUT2D eigenvalue weighted by molar-refractivity contribution is 5.83. The summed E-state index contributed by atoms with van der Waals surface area (Å²) in [5.41, 5.74) is 2.72. The molecule has 21 heavy (non-hydrogen) atoms. The maximum atomic E-state index is 3.39. The smallest absolute Gasteiger partial charge is 0.0456 e. The Morgan fingerprint density at radius 2 is 2.14 bits per heavy atom. The van der Waals surface area contributed by atoms with Gasteiger partial charge in [0.05, 0.1) is 0 Å². The van der Waals surface area contributed by atoms with Crippen LogP contribution in [-0.4, -0.2) is 29.0 Å². The summed E-state index contributed by atoms with van der Waals surface area (Å²) < 4.78 is 0. The fraction of sp³-hybridized carbons (Fsp3) is 0.474. The largest absolute Gasteiger partial charge is 0.361 e. The number of piperidine rings is 1. The van der Waals surface area contributed by atoms with E-state index >= 15 is 0 Å². The van der Waals surface area contributed by atoms with E-state index in [1.807, 2.05) is 0 Å². The highest BCUT2D eigenvalue weighted by Crippen LogP contribution is 2.36.